The highest BCUT2D eigenvalue weighted by Crippen LogP contribution is 2.21. The summed E-state index contributed by atoms with van der Waals surface area (Å²) in [5, 5.41) is 2.76. The van der Waals surface area contributed by atoms with E-state index < -0.39 is 17.7 Å². The summed E-state index contributed by atoms with van der Waals surface area (Å²) in [6, 6.07) is 7.42. The number of nitrogens with one attached hydrogen (secondary N) is 1. The highest BCUT2D eigenvalue weighted by atomic mass is 16.6. The molecule has 1 N–H and O–H groups in total. The molecule has 0 radical (unpaired) electrons. The zero-order valence-corrected chi connectivity index (χ0v) is 15.3. The summed E-state index contributed by atoms with van der Waals surface area (Å²) in [7, 11) is 0. The molecule has 1 aromatic carbocycles. The number of rotatable bonds is 3. The fourth-order valence-electron chi connectivity index (χ4n) is 2.88. The van der Waals surface area contributed by atoms with E-state index in [4.69, 9.17) is 4.74 Å². The van der Waals surface area contributed by atoms with Crippen molar-refractivity contribution in [1.29, 1.82) is 0 Å². The Kier molecular flexibility index (Phi) is 5.52. The highest BCUT2D eigenvalue weighted by Gasteiger charge is 2.32. The minimum atomic E-state index is -0.595. The third kappa shape index (κ3) is 4.98. The monoisotopic (exact) mass is 332 g/mol. The molecule has 0 saturated heterocycles. The highest BCUT2D eigenvalue weighted by molar-refractivity contribution is 5.86. The number of amides is 2. The summed E-state index contributed by atoms with van der Waals surface area (Å²) in [5.41, 5.74) is 1.64. The Balaban J connectivity index is 2.22. The summed E-state index contributed by atoms with van der Waals surface area (Å²) in [6.45, 7) is 10.8. The molecular formula is C19H28N2O3. The molecule has 0 aromatic heterocycles. The first-order valence-corrected chi connectivity index (χ1v) is 8.51. The molecule has 2 amide bonds. The molecule has 1 heterocycles. The van der Waals surface area contributed by atoms with Crippen molar-refractivity contribution in [3.63, 3.8) is 0 Å². The van der Waals surface area contributed by atoms with E-state index in [9.17, 15) is 9.59 Å². The predicted octanol–water partition coefficient (Wildman–Crippen LogP) is 3.12. The topological polar surface area (TPSA) is 58.6 Å². The van der Waals surface area contributed by atoms with Crippen LogP contribution in [0.25, 0.3) is 0 Å². The predicted molar refractivity (Wildman–Crippen MR) is 93.6 cm³/mol. The molecule has 5 heteroatoms. The van der Waals surface area contributed by atoms with Gasteiger partial charge >= 0.3 is 6.09 Å². The number of ether oxygens (including phenoxy) is 1. The van der Waals surface area contributed by atoms with E-state index >= 15 is 0 Å². The van der Waals surface area contributed by atoms with E-state index in [2.05, 4.69) is 19.2 Å². The number of benzene rings is 1. The Morgan fingerprint density at radius 3 is 2.50 bits per heavy atom. The maximum atomic E-state index is 12.9. The summed E-state index contributed by atoms with van der Waals surface area (Å²) in [4.78, 5) is 26.9. The van der Waals surface area contributed by atoms with Gasteiger partial charge in [0.2, 0.25) is 5.91 Å². The standard InChI is InChI=1S/C19H28N2O3/c1-13(2)11-21-12-15-9-7-6-8-14(15)10-16(17(21)22)20-18(23)24-19(3,4)5/h6-9,13,16H,10-12H2,1-5H3,(H,20,23)/t16-/m0/s1. The first-order valence-electron chi connectivity index (χ1n) is 8.51. The molecule has 0 spiro atoms. The number of hydrogen-bond donors (Lipinski definition) is 1. The van der Waals surface area contributed by atoms with E-state index in [0.717, 1.165) is 11.1 Å². The Bertz CT molecular complexity index is 605. The van der Waals surface area contributed by atoms with Crippen molar-refractivity contribution in [3.8, 4) is 0 Å². The average molecular weight is 332 g/mol. The van der Waals surface area contributed by atoms with Gasteiger partial charge in [0.25, 0.3) is 0 Å². The SMILES string of the molecule is CC(C)CN1Cc2ccccc2C[C@H](NC(=O)OC(C)(C)C)C1=O. The van der Waals surface area contributed by atoms with E-state index in [-0.39, 0.29) is 5.91 Å². The lowest BCUT2D eigenvalue weighted by Crippen LogP contribution is -2.50. The molecule has 0 saturated carbocycles. The first-order chi connectivity index (χ1) is 11.2. The molecule has 5 nitrogen and oxygen atoms in total. The van der Waals surface area contributed by atoms with Gasteiger partial charge in [0.15, 0.2) is 0 Å². The van der Waals surface area contributed by atoms with Gasteiger partial charge < -0.3 is 15.0 Å². The molecule has 1 aliphatic heterocycles. The molecule has 0 aliphatic carbocycles. The largest absolute Gasteiger partial charge is 0.444 e. The smallest absolute Gasteiger partial charge is 0.408 e. The summed E-state index contributed by atoms with van der Waals surface area (Å²) in [5.74, 6) is 0.312. The van der Waals surface area contributed by atoms with Crippen LogP contribution in [0.3, 0.4) is 0 Å². The minimum absolute atomic E-state index is 0.0502. The Labute approximate surface area is 144 Å². The third-order valence-corrected chi connectivity index (χ3v) is 3.79. The maximum Gasteiger partial charge on any atom is 0.408 e. The summed E-state index contributed by atoms with van der Waals surface area (Å²) < 4.78 is 5.31. The lowest BCUT2D eigenvalue weighted by atomic mass is 10.0. The molecule has 2 rings (SSSR count). The van der Waals surface area contributed by atoms with Crippen molar-refractivity contribution in [2.24, 2.45) is 5.92 Å². The zero-order chi connectivity index (χ0) is 17.9. The van der Waals surface area contributed by atoms with E-state index in [1.54, 1.807) is 0 Å². The van der Waals surface area contributed by atoms with Gasteiger partial charge in [-0.1, -0.05) is 38.1 Å². The van der Waals surface area contributed by atoms with Crippen molar-refractivity contribution in [2.75, 3.05) is 6.54 Å². The summed E-state index contributed by atoms with van der Waals surface area (Å²) in [6.07, 6.45) is -0.0622. The molecule has 0 fully saturated rings. The van der Waals surface area contributed by atoms with Crippen LogP contribution in [0.15, 0.2) is 24.3 Å². The third-order valence-electron chi connectivity index (χ3n) is 3.79. The molecular weight excluding hydrogens is 304 g/mol. The van der Waals surface area contributed by atoms with Gasteiger partial charge in [0.05, 0.1) is 0 Å². The van der Waals surface area contributed by atoms with Gasteiger partial charge in [0.1, 0.15) is 11.6 Å². The van der Waals surface area contributed by atoms with Crippen molar-refractivity contribution in [1.82, 2.24) is 10.2 Å². The molecule has 1 atom stereocenters. The van der Waals surface area contributed by atoms with Crippen molar-refractivity contribution in [2.45, 2.75) is 59.2 Å². The van der Waals surface area contributed by atoms with Crippen molar-refractivity contribution >= 4 is 12.0 Å². The number of hydrogen-bond acceptors (Lipinski definition) is 3. The van der Waals surface area contributed by atoms with Crippen LogP contribution in [0.5, 0.6) is 0 Å². The van der Waals surface area contributed by atoms with Crippen LogP contribution in [0.4, 0.5) is 4.79 Å². The number of nitrogens with zero attached hydrogens (tertiary/aromatic N) is 1. The zero-order valence-electron chi connectivity index (χ0n) is 15.3. The lowest BCUT2D eigenvalue weighted by Gasteiger charge is -2.27. The molecule has 1 aromatic rings. The molecule has 0 bridgehead atoms. The molecule has 0 unspecified atom stereocenters. The number of carbonyl (C=O) groups is 2. The van der Waals surface area contributed by atoms with Gasteiger partial charge in [0, 0.05) is 19.5 Å². The van der Waals surface area contributed by atoms with Crippen LogP contribution in [0, 0.1) is 5.92 Å². The summed E-state index contributed by atoms with van der Waals surface area (Å²) >= 11 is 0. The first kappa shape index (κ1) is 18.3. The van der Waals surface area contributed by atoms with E-state index in [1.165, 1.54) is 0 Å². The quantitative estimate of drug-likeness (QED) is 0.925. The Hall–Kier alpha value is -2.04. The number of carbonyl (C=O) groups excluding carboxylic acids is 2. The molecule has 1 aliphatic rings. The second kappa shape index (κ2) is 7.24. The van der Waals surface area contributed by atoms with Gasteiger partial charge in [-0.2, -0.15) is 0 Å². The van der Waals surface area contributed by atoms with Crippen LogP contribution in [-0.4, -0.2) is 35.1 Å². The fraction of sp³-hybridized carbons (Fsp3) is 0.579. The van der Waals surface area contributed by atoms with Gasteiger partial charge in [-0.3, -0.25) is 4.79 Å². The van der Waals surface area contributed by atoms with Crippen LogP contribution >= 0.6 is 0 Å². The Morgan fingerprint density at radius 1 is 1.29 bits per heavy atom. The number of fused-ring (bicyclic) bond motifs is 1. The normalized spacial score (nSPS) is 18.2. The Morgan fingerprint density at radius 2 is 1.92 bits per heavy atom. The molecule has 24 heavy (non-hydrogen) atoms. The van der Waals surface area contributed by atoms with Crippen molar-refractivity contribution in [3.05, 3.63) is 35.4 Å². The molecule has 132 valence electrons. The van der Waals surface area contributed by atoms with E-state index in [1.807, 2.05) is 49.9 Å². The van der Waals surface area contributed by atoms with Crippen LogP contribution in [0.1, 0.15) is 45.7 Å². The van der Waals surface area contributed by atoms with Crippen LogP contribution < -0.4 is 5.32 Å². The van der Waals surface area contributed by atoms with Crippen molar-refractivity contribution < 1.29 is 14.3 Å². The van der Waals surface area contributed by atoms with Gasteiger partial charge in [-0.25, -0.2) is 4.79 Å². The minimum Gasteiger partial charge on any atom is -0.444 e. The number of alkyl carbamates (subject to hydrolysis) is 1. The maximum absolute atomic E-state index is 12.9. The average Bonchev–Trinajstić information content (AvgIpc) is 2.55. The van der Waals surface area contributed by atoms with Gasteiger partial charge in [-0.05, 0) is 37.8 Å². The van der Waals surface area contributed by atoms with E-state index in [0.29, 0.717) is 25.4 Å². The second-order valence-electron chi connectivity index (χ2n) is 7.78. The fourth-order valence-corrected chi connectivity index (χ4v) is 2.88. The second-order valence-corrected chi connectivity index (χ2v) is 7.78. The lowest BCUT2D eigenvalue weighted by molar-refractivity contribution is -0.134. The van der Waals surface area contributed by atoms with Crippen LogP contribution in [-0.2, 0) is 22.5 Å². The van der Waals surface area contributed by atoms with Crippen LogP contribution in [0.2, 0.25) is 0 Å². The van der Waals surface area contributed by atoms with Gasteiger partial charge in [-0.15, -0.1) is 0 Å².